The standard InChI is InChI=1S/C36H44BNO8/c1-2-11-24(20-25-12-8-9-15-30(25)39)17-18-31-33-26(23-45-27-13-5-3-6-14-27)21-28-34(29(33)22-37(44)46-31)36(43)38(35(28)42)19-10-4-7-16-32(40)41/h3,5-6,8-9,12-15,20,28-29,31,34,39,44H,2,4,7,10-11,16-19,21-23H2,1H3,(H,40,41)/b24-20+/t28-,29+,31-,34-/m1/s1. The quantitative estimate of drug-likeness (QED) is 0.0964. The molecular weight excluding hydrogens is 585 g/mol. The molecule has 0 bridgehead atoms. The fourth-order valence-corrected chi connectivity index (χ4v) is 7.33. The van der Waals surface area contributed by atoms with Gasteiger partial charge in [-0.25, -0.2) is 0 Å². The molecule has 1 aliphatic carbocycles. The lowest BCUT2D eigenvalue weighted by molar-refractivity contribution is -0.141. The second-order valence-electron chi connectivity index (χ2n) is 12.6. The van der Waals surface area contributed by atoms with Crippen LogP contribution in [0.25, 0.3) is 6.08 Å². The number of para-hydroxylation sites is 2. The van der Waals surface area contributed by atoms with Crippen molar-refractivity contribution in [1.29, 1.82) is 0 Å². The zero-order valence-corrected chi connectivity index (χ0v) is 26.5. The van der Waals surface area contributed by atoms with Crippen molar-refractivity contribution in [2.45, 2.75) is 77.1 Å². The first kappa shape index (κ1) is 33.5. The van der Waals surface area contributed by atoms with Crippen LogP contribution >= 0.6 is 0 Å². The van der Waals surface area contributed by atoms with Gasteiger partial charge in [0.15, 0.2) is 0 Å². The van der Waals surface area contributed by atoms with E-state index in [4.69, 9.17) is 14.5 Å². The molecule has 2 aliphatic heterocycles. The predicted molar refractivity (Wildman–Crippen MR) is 175 cm³/mol. The molecule has 0 aromatic heterocycles. The number of unbranched alkanes of at least 4 members (excludes halogenated alkanes) is 2. The summed E-state index contributed by atoms with van der Waals surface area (Å²) in [6.07, 6.45) is 6.92. The summed E-state index contributed by atoms with van der Waals surface area (Å²) in [5, 5.41) is 30.3. The molecule has 2 saturated heterocycles. The molecule has 0 radical (unpaired) electrons. The first-order valence-electron chi connectivity index (χ1n) is 16.5. The summed E-state index contributed by atoms with van der Waals surface area (Å²) in [6.45, 7) is 2.63. The van der Waals surface area contributed by atoms with E-state index >= 15 is 0 Å². The van der Waals surface area contributed by atoms with Crippen LogP contribution in [0.2, 0.25) is 6.32 Å². The first-order valence-corrected chi connectivity index (χ1v) is 16.5. The van der Waals surface area contributed by atoms with E-state index in [1.165, 1.54) is 4.90 Å². The Morgan fingerprint density at radius 2 is 1.76 bits per heavy atom. The van der Waals surface area contributed by atoms with Crippen molar-refractivity contribution in [1.82, 2.24) is 4.90 Å². The molecule has 46 heavy (non-hydrogen) atoms. The van der Waals surface area contributed by atoms with Gasteiger partial charge in [0, 0.05) is 18.5 Å². The van der Waals surface area contributed by atoms with Crippen molar-refractivity contribution in [2.75, 3.05) is 13.2 Å². The summed E-state index contributed by atoms with van der Waals surface area (Å²) in [5.74, 6) is -1.80. The Kier molecular flexibility index (Phi) is 11.4. The summed E-state index contributed by atoms with van der Waals surface area (Å²) in [6, 6.07) is 16.7. The topological polar surface area (TPSA) is 134 Å². The number of hydrogen-bond acceptors (Lipinski definition) is 7. The fourth-order valence-electron chi connectivity index (χ4n) is 7.33. The molecule has 0 spiro atoms. The lowest BCUT2D eigenvalue weighted by atomic mass is 9.58. The number of allylic oxidation sites excluding steroid dienone is 1. The van der Waals surface area contributed by atoms with Crippen LogP contribution in [0, 0.1) is 17.8 Å². The van der Waals surface area contributed by atoms with Crippen LogP contribution < -0.4 is 4.74 Å². The summed E-state index contributed by atoms with van der Waals surface area (Å²) in [5.41, 5.74) is 3.81. The molecule has 9 nitrogen and oxygen atoms in total. The normalized spacial score (nSPS) is 23.0. The monoisotopic (exact) mass is 629 g/mol. The molecule has 2 aromatic rings. The van der Waals surface area contributed by atoms with Crippen molar-refractivity contribution in [3.05, 3.63) is 76.9 Å². The van der Waals surface area contributed by atoms with E-state index in [0.717, 1.165) is 35.1 Å². The number of fused-ring (bicyclic) bond motifs is 3. The number of amides is 2. The number of imide groups is 1. The molecule has 244 valence electrons. The van der Waals surface area contributed by atoms with Gasteiger partial charge in [0.05, 0.1) is 17.9 Å². The Hall–Kier alpha value is -3.89. The molecular formula is C36H44BNO8. The van der Waals surface area contributed by atoms with Gasteiger partial charge in [0.2, 0.25) is 11.8 Å². The third kappa shape index (κ3) is 7.90. The van der Waals surface area contributed by atoms with E-state index < -0.39 is 31.0 Å². The molecule has 4 atom stereocenters. The molecule has 10 heteroatoms. The Balaban J connectivity index is 1.40. The Labute approximate surface area is 271 Å². The van der Waals surface area contributed by atoms with Gasteiger partial charge >= 0.3 is 13.1 Å². The van der Waals surface area contributed by atoms with Crippen LogP contribution in [0.15, 0.2) is 71.3 Å². The zero-order valence-electron chi connectivity index (χ0n) is 26.5. The number of phenols is 1. The first-order chi connectivity index (χ1) is 22.3. The second kappa shape index (κ2) is 15.6. The Morgan fingerprint density at radius 1 is 1.00 bits per heavy atom. The number of ether oxygens (including phenoxy) is 1. The van der Waals surface area contributed by atoms with Crippen LogP contribution in [0.4, 0.5) is 0 Å². The molecule has 3 aliphatic rings. The van der Waals surface area contributed by atoms with Gasteiger partial charge in [-0.15, -0.1) is 0 Å². The molecule has 2 amide bonds. The number of hydrogen-bond donors (Lipinski definition) is 3. The van der Waals surface area contributed by atoms with Crippen LogP contribution in [-0.2, 0) is 19.0 Å². The van der Waals surface area contributed by atoms with Crippen LogP contribution in [0.5, 0.6) is 11.5 Å². The lowest BCUT2D eigenvalue weighted by Gasteiger charge is -2.43. The number of carbonyl (C=O) groups is 3. The number of benzene rings is 2. The van der Waals surface area contributed by atoms with E-state index in [0.29, 0.717) is 44.3 Å². The van der Waals surface area contributed by atoms with E-state index in [9.17, 15) is 24.5 Å². The largest absolute Gasteiger partial charge is 0.507 e. The maximum Gasteiger partial charge on any atom is 0.455 e. The van der Waals surface area contributed by atoms with Crippen molar-refractivity contribution in [2.24, 2.45) is 17.8 Å². The third-order valence-corrected chi connectivity index (χ3v) is 9.42. The van der Waals surface area contributed by atoms with Gasteiger partial charge in [0.25, 0.3) is 0 Å². The van der Waals surface area contributed by atoms with E-state index in [2.05, 4.69) is 6.92 Å². The van der Waals surface area contributed by atoms with E-state index in [1.54, 1.807) is 12.1 Å². The fraction of sp³-hybridized carbons (Fsp3) is 0.472. The minimum absolute atomic E-state index is 0.0637. The van der Waals surface area contributed by atoms with Gasteiger partial charge in [-0.2, -0.15) is 0 Å². The molecule has 5 rings (SSSR count). The van der Waals surface area contributed by atoms with Crippen LogP contribution in [0.3, 0.4) is 0 Å². The minimum Gasteiger partial charge on any atom is -0.507 e. The summed E-state index contributed by atoms with van der Waals surface area (Å²) < 4.78 is 12.4. The highest BCUT2D eigenvalue weighted by Gasteiger charge is 2.57. The molecule has 2 fully saturated rings. The van der Waals surface area contributed by atoms with Gasteiger partial charge in [-0.3, -0.25) is 19.3 Å². The SMILES string of the molecule is CCC/C(=C\c1ccccc1O)CC[C@H]1OB(O)C[C@H]2C1=C(COc1ccccc1)C[C@H]1C(=O)N(CCCCCC(=O)O)C(=O)[C@H]12. The van der Waals surface area contributed by atoms with Gasteiger partial charge in [-0.05, 0) is 80.1 Å². The number of nitrogens with zero attached hydrogens (tertiary/aromatic N) is 1. The summed E-state index contributed by atoms with van der Waals surface area (Å²) >= 11 is 0. The average molecular weight is 630 g/mol. The summed E-state index contributed by atoms with van der Waals surface area (Å²) in [7, 11) is -1.07. The van der Waals surface area contributed by atoms with Crippen LogP contribution in [0.1, 0.15) is 70.3 Å². The zero-order chi connectivity index (χ0) is 32.6. The van der Waals surface area contributed by atoms with Crippen molar-refractivity contribution in [3.63, 3.8) is 0 Å². The lowest BCUT2D eigenvalue weighted by Crippen LogP contribution is -2.46. The number of aliphatic carboxylic acids is 1. The number of likely N-dealkylation sites (tertiary alicyclic amines) is 1. The number of carboxylic acid groups (broad SMARTS) is 1. The smallest absolute Gasteiger partial charge is 0.455 e. The number of carbonyl (C=O) groups excluding carboxylic acids is 2. The number of phenolic OH excluding ortho intramolecular Hbond substituents is 1. The van der Waals surface area contributed by atoms with Crippen LogP contribution in [-0.4, -0.2) is 64.3 Å². The molecule has 0 unspecified atom stereocenters. The molecule has 3 N–H and O–H groups in total. The highest BCUT2D eigenvalue weighted by Crippen LogP contribution is 2.50. The van der Waals surface area contributed by atoms with Gasteiger partial charge < -0.3 is 24.6 Å². The molecule has 2 aromatic carbocycles. The van der Waals surface area contributed by atoms with Gasteiger partial charge in [0.1, 0.15) is 18.1 Å². The third-order valence-electron chi connectivity index (χ3n) is 9.42. The highest BCUT2D eigenvalue weighted by molar-refractivity contribution is 6.43. The maximum atomic E-state index is 13.9. The maximum absolute atomic E-state index is 13.9. The van der Waals surface area contributed by atoms with Gasteiger partial charge in [-0.1, -0.05) is 67.8 Å². The highest BCUT2D eigenvalue weighted by atomic mass is 16.5. The van der Waals surface area contributed by atoms with Crippen molar-refractivity contribution in [3.8, 4) is 11.5 Å². The van der Waals surface area contributed by atoms with E-state index in [-0.39, 0.29) is 49.4 Å². The van der Waals surface area contributed by atoms with Crippen molar-refractivity contribution >= 4 is 31.0 Å². The number of carboxylic acids is 1. The number of aromatic hydroxyl groups is 1. The molecule has 2 heterocycles. The predicted octanol–water partition coefficient (Wildman–Crippen LogP) is 5.88. The van der Waals surface area contributed by atoms with E-state index in [1.807, 2.05) is 48.5 Å². The minimum atomic E-state index is -1.07. The second-order valence-corrected chi connectivity index (χ2v) is 12.6. The Morgan fingerprint density at radius 3 is 2.50 bits per heavy atom. The van der Waals surface area contributed by atoms with Crippen molar-refractivity contribution < 1.29 is 39.0 Å². The molecule has 0 saturated carbocycles. The Bertz CT molecular complexity index is 1460. The number of rotatable bonds is 15. The average Bonchev–Trinajstić information content (AvgIpc) is 3.28. The summed E-state index contributed by atoms with van der Waals surface area (Å²) in [4.78, 5) is 39.8.